The molecule has 2 rings (SSSR count). The quantitative estimate of drug-likeness (QED) is 0.826. The first-order valence-corrected chi connectivity index (χ1v) is 5.39. The van der Waals surface area contributed by atoms with Gasteiger partial charge in [0.1, 0.15) is 5.82 Å². The molecular formula is C12H16FNO. The number of anilines is 1. The van der Waals surface area contributed by atoms with Crippen LogP contribution in [0, 0.1) is 5.82 Å². The summed E-state index contributed by atoms with van der Waals surface area (Å²) >= 11 is 0. The minimum atomic E-state index is -0.205. The summed E-state index contributed by atoms with van der Waals surface area (Å²) in [6.45, 7) is 2.76. The van der Waals surface area contributed by atoms with Crippen LogP contribution in [-0.4, -0.2) is 18.8 Å². The van der Waals surface area contributed by atoms with E-state index in [9.17, 15) is 4.39 Å². The first kappa shape index (κ1) is 10.4. The van der Waals surface area contributed by atoms with E-state index in [1.54, 1.807) is 12.1 Å². The summed E-state index contributed by atoms with van der Waals surface area (Å²) in [4.78, 5) is 0. The second-order valence-corrected chi connectivity index (χ2v) is 4.01. The summed E-state index contributed by atoms with van der Waals surface area (Å²) in [5, 5.41) is 3.08. The third kappa shape index (κ3) is 2.69. The van der Waals surface area contributed by atoms with Gasteiger partial charge in [0.15, 0.2) is 0 Å². The smallest absolute Gasteiger partial charge is 0.146 e. The zero-order valence-electron chi connectivity index (χ0n) is 8.87. The Balaban J connectivity index is 1.86. The van der Waals surface area contributed by atoms with Crippen LogP contribution < -0.4 is 5.32 Å². The van der Waals surface area contributed by atoms with Crippen LogP contribution in [0.25, 0.3) is 0 Å². The summed E-state index contributed by atoms with van der Waals surface area (Å²) < 4.78 is 18.9. The van der Waals surface area contributed by atoms with Gasteiger partial charge in [0, 0.05) is 6.54 Å². The summed E-state index contributed by atoms with van der Waals surface area (Å²) in [6, 6.07) is 6.71. The Morgan fingerprint density at radius 2 is 2.20 bits per heavy atom. The fraction of sp³-hybridized carbons (Fsp3) is 0.500. The first-order valence-electron chi connectivity index (χ1n) is 5.39. The summed E-state index contributed by atoms with van der Waals surface area (Å²) in [7, 11) is 0. The van der Waals surface area contributed by atoms with Gasteiger partial charge in [-0.2, -0.15) is 0 Å². The van der Waals surface area contributed by atoms with Crippen molar-refractivity contribution in [3.8, 4) is 0 Å². The van der Waals surface area contributed by atoms with Crippen molar-refractivity contribution < 1.29 is 9.13 Å². The Hall–Kier alpha value is -1.09. The maximum Gasteiger partial charge on any atom is 0.146 e. The molecule has 1 heterocycles. The van der Waals surface area contributed by atoms with Gasteiger partial charge >= 0.3 is 0 Å². The lowest BCUT2D eigenvalue weighted by atomic mass is 10.2. The van der Waals surface area contributed by atoms with Gasteiger partial charge < -0.3 is 10.1 Å². The third-order valence-electron chi connectivity index (χ3n) is 2.71. The van der Waals surface area contributed by atoms with Crippen molar-refractivity contribution in [1.29, 1.82) is 0 Å². The molecule has 1 aromatic rings. The van der Waals surface area contributed by atoms with Gasteiger partial charge in [0.05, 0.1) is 17.9 Å². The lowest BCUT2D eigenvalue weighted by molar-refractivity contribution is 0.0636. The molecule has 0 aromatic heterocycles. The van der Waals surface area contributed by atoms with Gasteiger partial charge in [-0.15, -0.1) is 0 Å². The fourth-order valence-electron chi connectivity index (χ4n) is 1.86. The predicted octanol–water partition coefficient (Wildman–Crippen LogP) is 2.81. The Labute approximate surface area is 89.4 Å². The lowest BCUT2D eigenvalue weighted by Crippen LogP contribution is -2.20. The Kier molecular flexibility index (Phi) is 3.21. The van der Waals surface area contributed by atoms with Gasteiger partial charge in [-0.05, 0) is 31.9 Å². The molecule has 0 bridgehead atoms. The monoisotopic (exact) mass is 209 g/mol. The number of ether oxygens (including phenoxy) is 1. The van der Waals surface area contributed by atoms with E-state index in [0.29, 0.717) is 18.3 Å². The number of rotatable bonds is 3. The molecule has 0 spiro atoms. The average molecular weight is 209 g/mol. The van der Waals surface area contributed by atoms with Crippen LogP contribution in [0.15, 0.2) is 24.3 Å². The van der Waals surface area contributed by atoms with Crippen molar-refractivity contribution in [1.82, 2.24) is 0 Å². The second-order valence-electron chi connectivity index (χ2n) is 4.01. The van der Waals surface area contributed by atoms with E-state index < -0.39 is 0 Å². The maximum absolute atomic E-state index is 13.2. The number of hydrogen-bond donors (Lipinski definition) is 1. The standard InChI is InChI=1S/C12H16FNO/c1-9-6-7-10(15-9)8-14-12-5-3-2-4-11(12)13/h2-5,9-10,14H,6-8H2,1H3. The lowest BCUT2D eigenvalue weighted by Gasteiger charge is -2.13. The van der Waals surface area contributed by atoms with E-state index in [1.807, 2.05) is 6.07 Å². The zero-order chi connectivity index (χ0) is 10.7. The highest BCUT2D eigenvalue weighted by Crippen LogP contribution is 2.20. The fourth-order valence-corrected chi connectivity index (χ4v) is 1.86. The first-order chi connectivity index (χ1) is 7.25. The van der Waals surface area contributed by atoms with Crippen molar-refractivity contribution >= 4 is 5.69 Å². The highest BCUT2D eigenvalue weighted by molar-refractivity contribution is 5.44. The molecular weight excluding hydrogens is 193 g/mol. The molecule has 15 heavy (non-hydrogen) atoms. The number of para-hydroxylation sites is 1. The van der Waals surface area contributed by atoms with Gasteiger partial charge in [0.2, 0.25) is 0 Å². The van der Waals surface area contributed by atoms with Gasteiger partial charge in [-0.3, -0.25) is 0 Å². The molecule has 1 fully saturated rings. The molecule has 1 saturated heterocycles. The molecule has 2 nitrogen and oxygen atoms in total. The largest absolute Gasteiger partial charge is 0.380 e. The maximum atomic E-state index is 13.2. The van der Waals surface area contributed by atoms with Crippen LogP contribution in [-0.2, 0) is 4.74 Å². The molecule has 2 unspecified atom stereocenters. The van der Waals surface area contributed by atoms with Crippen LogP contribution in [0.2, 0.25) is 0 Å². The van der Waals surface area contributed by atoms with E-state index in [-0.39, 0.29) is 11.9 Å². The van der Waals surface area contributed by atoms with E-state index in [0.717, 1.165) is 12.8 Å². The number of nitrogens with one attached hydrogen (secondary N) is 1. The van der Waals surface area contributed by atoms with Crippen molar-refractivity contribution in [2.24, 2.45) is 0 Å². The SMILES string of the molecule is CC1CCC(CNc2ccccc2F)O1. The molecule has 0 amide bonds. The van der Waals surface area contributed by atoms with Crippen molar-refractivity contribution in [2.45, 2.75) is 32.0 Å². The molecule has 3 heteroatoms. The molecule has 0 aliphatic carbocycles. The van der Waals surface area contributed by atoms with Crippen molar-refractivity contribution in [3.63, 3.8) is 0 Å². The second kappa shape index (κ2) is 4.62. The molecule has 1 aromatic carbocycles. The average Bonchev–Trinajstić information content (AvgIpc) is 2.63. The van der Waals surface area contributed by atoms with E-state index >= 15 is 0 Å². The van der Waals surface area contributed by atoms with Gasteiger partial charge in [0.25, 0.3) is 0 Å². The van der Waals surface area contributed by atoms with Crippen LogP contribution in [0.3, 0.4) is 0 Å². The summed E-state index contributed by atoms with van der Waals surface area (Å²) in [5.74, 6) is -0.205. The van der Waals surface area contributed by atoms with E-state index in [2.05, 4.69) is 12.2 Å². The molecule has 0 saturated carbocycles. The molecule has 1 N–H and O–H groups in total. The Morgan fingerprint density at radius 1 is 1.40 bits per heavy atom. The third-order valence-corrected chi connectivity index (χ3v) is 2.71. The van der Waals surface area contributed by atoms with E-state index in [1.165, 1.54) is 6.07 Å². The zero-order valence-corrected chi connectivity index (χ0v) is 8.87. The van der Waals surface area contributed by atoms with Crippen LogP contribution >= 0.6 is 0 Å². The van der Waals surface area contributed by atoms with Crippen LogP contribution in [0.1, 0.15) is 19.8 Å². The van der Waals surface area contributed by atoms with Gasteiger partial charge in [-0.25, -0.2) is 4.39 Å². The highest BCUT2D eigenvalue weighted by atomic mass is 19.1. The molecule has 0 radical (unpaired) electrons. The Morgan fingerprint density at radius 3 is 2.87 bits per heavy atom. The predicted molar refractivity (Wildman–Crippen MR) is 58.5 cm³/mol. The highest BCUT2D eigenvalue weighted by Gasteiger charge is 2.21. The number of hydrogen-bond acceptors (Lipinski definition) is 2. The molecule has 1 aliphatic heterocycles. The number of halogens is 1. The topological polar surface area (TPSA) is 21.3 Å². The number of benzene rings is 1. The summed E-state index contributed by atoms with van der Waals surface area (Å²) in [5.41, 5.74) is 0.556. The van der Waals surface area contributed by atoms with Crippen LogP contribution in [0.5, 0.6) is 0 Å². The van der Waals surface area contributed by atoms with Gasteiger partial charge in [-0.1, -0.05) is 12.1 Å². The molecule has 2 atom stereocenters. The van der Waals surface area contributed by atoms with Crippen LogP contribution in [0.4, 0.5) is 10.1 Å². The van der Waals surface area contributed by atoms with Crippen molar-refractivity contribution in [2.75, 3.05) is 11.9 Å². The Bertz CT molecular complexity index is 329. The minimum absolute atomic E-state index is 0.205. The molecule has 82 valence electrons. The molecule has 1 aliphatic rings. The normalized spacial score (nSPS) is 25.5. The minimum Gasteiger partial charge on any atom is -0.380 e. The summed E-state index contributed by atoms with van der Waals surface area (Å²) in [6.07, 6.45) is 2.73. The van der Waals surface area contributed by atoms with Crippen molar-refractivity contribution in [3.05, 3.63) is 30.1 Å². The van der Waals surface area contributed by atoms with E-state index in [4.69, 9.17) is 4.74 Å².